The Labute approximate surface area is 110 Å². The van der Waals surface area contributed by atoms with Crippen molar-refractivity contribution in [1.82, 2.24) is 9.80 Å². The van der Waals surface area contributed by atoms with Crippen LogP contribution in [0.1, 0.15) is 40.0 Å². The van der Waals surface area contributed by atoms with Crippen LogP contribution in [0.25, 0.3) is 0 Å². The molecular weight excluding hydrogens is 226 g/mol. The zero-order valence-corrected chi connectivity index (χ0v) is 12.0. The predicted molar refractivity (Wildman–Crippen MR) is 73.2 cm³/mol. The Morgan fingerprint density at radius 2 is 1.72 bits per heavy atom. The molecule has 1 amide bonds. The van der Waals surface area contributed by atoms with Crippen LogP contribution in [0.15, 0.2) is 0 Å². The molecule has 2 aliphatic rings. The number of carbonyl (C=O) groups is 1. The number of hydrogen-bond donors (Lipinski definition) is 1. The van der Waals surface area contributed by atoms with E-state index in [0.29, 0.717) is 5.41 Å². The molecule has 0 spiro atoms. The molecule has 2 fully saturated rings. The standard InChI is InChI=1S/C14H27N3O/c1-13(2,3)6-7-16-8-10-17(11-9-16)12(18)14(15)4-5-14/h4-11,15H2,1-3H3. The second-order valence-corrected chi connectivity index (χ2v) is 7.10. The summed E-state index contributed by atoms with van der Waals surface area (Å²) in [6.07, 6.45) is 2.95. The minimum atomic E-state index is -0.492. The van der Waals surface area contributed by atoms with E-state index in [2.05, 4.69) is 25.7 Å². The highest BCUT2D eigenvalue weighted by Crippen LogP contribution is 2.34. The first-order valence-electron chi connectivity index (χ1n) is 7.11. The van der Waals surface area contributed by atoms with Gasteiger partial charge in [-0.3, -0.25) is 9.69 Å². The lowest BCUT2D eigenvalue weighted by atomic mass is 9.92. The third kappa shape index (κ3) is 3.45. The molecule has 1 saturated carbocycles. The Bertz CT molecular complexity index is 309. The minimum absolute atomic E-state index is 0.179. The number of rotatable bonds is 3. The monoisotopic (exact) mass is 253 g/mol. The van der Waals surface area contributed by atoms with E-state index >= 15 is 0 Å². The summed E-state index contributed by atoms with van der Waals surface area (Å²) in [5.41, 5.74) is 5.87. The van der Waals surface area contributed by atoms with Crippen LogP contribution in [0.3, 0.4) is 0 Å². The van der Waals surface area contributed by atoms with Gasteiger partial charge in [-0.05, 0) is 31.2 Å². The lowest BCUT2D eigenvalue weighted by Crippen LogP contribution is -2.54. The molecule has 0 aromatic rings. The van der Waals surface area contributed by atoms with Crippen molar-refractivity contribution < 1.29 is 4.79 Å². The largest absolute Gasteiger partial charge is 0.339 e. The van der Waals surface area contributed by atoms with Crippen molar-refractivity contribution in [2.45, 2.75) is 45.6 Å². The van der Waals surface area contributed by atoms with Crippen molar-refractivity contribution in [2.75, 3.05) is 32.7 Å². The topological polar surface area (TPSA) is 49.6 Å². The molecule has 18 heavy (non-hydrogen) atoms. The highest BCUT2D eigenvalue weighted by atomic mass is 16.2. The molecule has 0 aromatic carbocycles. The number of nitrogens with zero attached hydrogens (tertiary/aromatic N) is 2. The minimum Gasteiger partial charge on any atom is -0.339 e. The van der Waals surface area contributed by atoms with Gasteiger partial charge in [-0.25, -0.2) is 0 Å². The molecule has 0 unspecified atom stereocenters. The van der Waals surface area contributed by atoms with Crippen LogP contribution < -0.4 is 5.73 Å². The smallest absolute Gasteiger partial charge is 0.242 e. The van der Waals surface area contributed by atoms with Gasteiger partial charge in [0.1, 0.15) is 0 Å². The predicted octanol–water partition coefficient (Wildman–Crippen LogP) is 1.06. The van der Waals surface area contributed by atoms with Gasteiger partial charge in [-0.1, -0.05) is 20.8 Å². The Morgan fingerprint density at radius 1 is 1.17 bits per heavy atom. The molecule has 2 N–H and O–H groups in total. The Hall–Kier alpha value is -0.610. The van der Waals surface area contributed by atoms with Crippen LogP contribution in [0.5, 0.6) is 0 Å². The van der Waals surface area contributed by atoms with Gasteiger partial charge in [0.05, 0.1) is 5.54 Å². The van der Waals surface area contributed by atoms with Crippen LogP contribution in [-0.4, -0.2) is 54.0 Å². The summed E-state index contributed by atoms with van der Waals surface area (Å²) in [6, 6.07) is 0. The van der Waals surface area contributed by atoms with Crippen LogP contribution >= 0.6 is 0 Å². The van der Waals surface area contributed by atoms with Gasteiger partial charge >= 0.3 is 0 Å². The van der Waals surface area contributed by atoms with E-state index in [4.69, 9.17) is 5.73 Å². The number of carbonyl (C=O) groups excluding carboxylic acids is 1. The van der Waals surface area contributed by atoms with E-state index in [1.807, 2.05) is 4.90 Å². The Kier molecular flexibility index (Phi) is 3.70. The molecule has 1 aliphatic heterocycles. The maximum Gasteiger partial charge on any atom is 0.242 e. The maximum atomic E-state index is 12.1. The average Bonchev–Trinajstić information content (AvgIpc) is 3.05. The normalized spacial score (nSPS) is 24.1. The van der Waals surface area contributed by atoms with Gasteiger partial charge in [-0.15, -0.1) is 0 Å². The molecule has 4 nitrogen and oxygen atoms in total. The first-order chi connectivity index (χ1) is 8.30. The molecule has 2 rings (SSSR count). The second kappa shape index (κ2) is 4.82. The summed E-state index contributed by atoms with van der Waals surface area (Å²) in [5, 5.41) is 0. The van der Waals surface area contributed by atoms with E-state index in [9.17, 15) is 4.79 Å². The summed E-state index contributed by atoms with van der Waals surface area (Å²) in [4.78, 5) is 16.5. The Morgan fingerprint density at radius 3 is 2.17 bits per heavy atom. The maximum absolute atomic E-state index is 12.1. The van der Waals surface area contributed by atoms with Crippen LogP contribution in [-0.2, 0) is 4.79 Å². The number of piperazine rings is 1. The fourth-order valence-electron chi connectivity index (χ4n) is 2.33. The summed E-state index contributed by atoms with van der Waals surface area (Å²) >= 11 is 0. The van der Waals surface area contributed by atoms with E-state index in [0.717, 1.165) is 45.6 Å². The van der Waals surface area contributed by atoms with Gasteiger partial charge in [-0.2, -0.15) is 0 Å². The van der Waals surface area contributed by atoms with Crippen molar-refractivity contribution in [3.8, 4) is 0 Å². The molecule has 0 bridgehead atoms. The average molecular weight is 253 g/mol. The third-order valence-corrected chi connectivity index (χ3v) is 4.05. The fraction of sp³-hybridized carbons (Fsp3) is 0.929. The van der Waals surface area contributed by atoms with Crippen molar-refractivity contribution in [2.24, 2.45) is 11.1 Å². The van der Waals surface area contributed by atoms with Crippen molar-refractivity contribution in [3.63, 3.8) is 0 Å². The van der Waals surface area contributed by atoms with Crippen molar-refractivity contribution in [3.05, 3.63) is 0 Å². The first-order valence-corrected chi connectivity index (χ1v) is 7.11. The lowest BCUT2D eigenvalue weighted by molar-refractivity contribution is -0.135. The SMILES string of the molecule is CC(C)(C)CCN1CCN(C(=O)C2(N)CC2)CC1. The lowest BCUT2D eigenvalue weighted by Gasteiger charge is -2.37. The number of hydrogen-bond acceptors (Lipinski definition) is 3. The molecule has 1 aliphatic carbocycles. The molecule has 0 atom stereocenters. The van der Waals surface area contributed by atoms with E-state index in [1.54, 1.807) is 0 Å². The quantitative estimate of drug-likeness (QED) is 0.818. The zero-order valence-electron chi connectivity index (χ0n) is 12.0. The van der Waals surface area contributed by atoms with E-state index in [-0.39, 0.29) is 5.91 Å². The first kappa shape index (κ1) is 13.8. The summed E-state index contributed by atoms with van der Waals surface area (Å²) in [6.45, 7) is 11.7. The molecule has 0 aromatic heterocycles. The Balaban J connectivity index is 1.73. The van der Waals surface area contributed by atoms with Gasteiger partial charge < -0.3 is 10.6 Å². The third-order valence-electron chi connectivity index (χ3n) is 4.05. The molecule has 4 heteroatoms. The van der Waals surface area contributed by atoms with Crippen LogP contribution in [0.2, 0.25) is 0 Å². The highest BCUT2D eigenvalue weighted by Gasteiger charge is 2.48. The molecular formula is C14H27N3O. The summed E-state index contributed by atoms with van der Waals surface area (Å²) in [5.74, 6) is 0.179. The van der Waals surface area contributed by atoms with Crippen molar-refractivity contribution >= 4 is 5.91 Å². The summed E-state index contributed by atoms with van der Waals surface area (Å²) in [7, 11) is 0. The summed E-state index contributed by atoms with van der Waals surface area (Å²) < 4.78 is 0. The fourth-order valence-corrected chi connectivity index (χ4v) is 2.33. The highest BCUT2D eigenvalue weighted by molar-refractivity contribution is 5.89. The van der Waals surface area contributed by atoms with E-state index < -0.39 is 5.54 Å². The van der Waals surface area contributed by atoms with Gasteiger partial charge in [0.25, 0.3) is 0 Å². The van der Waals surface area contributed by atoms with E-state index in [1.165, 1.54) is 6.42 Å². The van der Waals surface area contributed by atoms with Gasteiger partial charge in [0, 0.05) is 26.2 Å². The van der Waals surface area contributed by atoms with Gasteiger partial charge in [0.2, 0.25) is 5.91 Å². The zero-order chi connectivity index (χ0) is 13.4. The number of amides is 1. The van der Waals surface area contributed by atoms with Crippen LogP contribution in [0, 0.1) is 5.41 Å². The number of nitrogens with two attached hydrogens (primary N) is 1. The molecule has 104 valence electrons. The molecule has 0 radical (unpaired) electrons. The molecule has 1 saturated heterocycles. The van der Waals surface area contributed by atoms with Gasteiger partial charge in [0.15, 0.2) is 0 Å². The second-order valence-electron chi connectivity index (χ2n) is 7.10. The molecule has 1 heterocycles. The van der Waals surface area contributed by atoms with Crippen LogP contribution in [0.4, 0.5) is 0 Å². The van der Waals surface area contributed by atoms with Crippen molar-refractivity contribution in [1.29, 1.82) is 0 Å².